The van der Waals surface area contributed by atoms with Gasteiger partial charge in [-0.1, -0.05) is 23.8 Å². The molecule has 0 aliphatic heterocycles. The van der Waals surface area contributed by atoms with Crippen LogP contribution in [-0.2, 0) is 14.8 Å². The van der Waals surface area contributed by atoms with Crippen LogP contribution in [-0.4, -0.2) is 36.9 Å². The van der Waals surface area contributed by atoms with Crippen molar-refractivity contribution >= 4 is 16.0 Å². The van der Waals surface area contributed by atoms with E-state index in [9.17, 15) is 13.2 Å². The van der Waals surface area contributed by atoms with E-state index in [4.69, 9.17) is 5.11 Å². The lowest BCUT2D eigenvalue weighted by Crippen LogP contribution is -2.36. The molecule has 0 saturated carbocycles. The lowest BCUT2D eigenvalue weighted by atomic mass is 10.2. The molecule has 104 valence electrons. The fraction of sp³-hybridized carbons (Fsp3) is 0.308. The summed E-state index contributed by atoms with van der Waals surface area (Å²) in [7, 11) is -3.82. The van der Waals surface area contributed by atoms with Gasteiger partial charge in [0.15, 0.2) is 0 Å². The van der Waals surface area contributed by atoms with Gasteiger partial charge in [0, 0.05) is 6.54 Å². The molecule has 5 nitrogen and oxygen atoms in total. The van der Waals surface area contributed by atoms with Crippen molar-refractivity contribution < 1.29 is 18.3 Å². The van der Waals surface area contributed by atoms with Gasteiger partial charge in [0.2, 0.25) is 10.0 Å². The molecule has 0 aromatic heterocycles. The summed E-state index contributed by atoms with van der Waals surface area (Å²) in [4.78, 5) is 10.9. The molecule has 19 heavy (non-hydrogen) atoms. The molecule has 0 bridgehead atoms. The fourth-order valence-electron chi connectivity index (χ4n) is 1.77. The molecular weight excluding hydrogens is 266 g/mol. The lowest BCUT2D eigenvalue weighted by molar-refractivity contribution is -0.137. The van der Waals surface area contributed by atoms with Crippen molar-refractivity contribution in [1.82, 2.24) is 4.31 Å². The van der Waals surface area contributed by atoms with Crippen molar-refractivity contribution in [3.05, 3.63) is 42.0 Å². The summed E-state index contributed by atoms with van der Waals surface area (Å²) in [5, 5.41) is 8.79. The molecule has 0 saturated heterocycles. The number of hydrogen-bond donors (Lipinski definition) is 1. The third-order valence-corrected chi connectivity index (χ3v) is 4.56. The van der Waals surface area contributed by atoms with Gasteiger partial charge in [0.25, 0.3) is 0 Å². The number of carbonyl (C=O) groups is 1. The Morgan fingerprint density at radius 1 is 1.42 bits per heavy atom. The molecule has 0 radical (unpaired) electrons. The number of hydrogen-bond acceptors (Lipinski definition) is 3. The number of carboxylic acid groups (broad SMARTS) is 1. The van der Waals surface area contributed by atoms with E-state index in [2.05, 4.69) is 6.58 Å². The molecule has 1 rings (SSSR count). The largest absolute Gasteiger partial charge is 0.480 e. The van der Waals surface area contributed by atoms with Gasteiger partial charge in [-0.25, -0.2) is 8.42 Å². The average Bonchev–Trinajstić information content (AvgIpc) is 2.27. The highest BCUT2D eigenvalue weighted by Gasteiger charge is 2.26. The van der Waals surface area contributed by atoms with Gasteiger partial charge in [0.05, 0.1) is 4.90 Å². The Kier molecular flexibility index (Phi) is 4.85. The number of aliphatic carboxylic acids is 1. The van der Waals surface area contributed by atoms with Crippen LogP contribution in [0.3, 0.4) is 0 Å². The van der Waals surface area contributed by atoms with Crippen LogP contribution in [0.15, 0.2) is 35.7 Å². The van der Waals surface area contributed by atoms with Crippen LogP contribution in [0.25, 0.3) is 0 Å². The number of nitrogens with zero attached hydrogens (tertiary/aromatic N) is 1. The second kappa shape index (κ2) is 5.99. The molecule has 6 heteroatoms. The van der Waals surface area contributed by atoms with E-state index in [1.807, 2.05) is 6.92 Å². The Balaban J connectivity index is 3.25. The van der Waals surface area contributed by atoms with Crippen LogP contribution in [0.1, 0.15) is 11.1 Å². The van der Waals surface area contributed by atoms with Gasteiger partial charge in [0.1, 0.15) is 6.54 Å². The molecule has 0 aliphatic rings. The Hall–Kier alpha value is -1.66. The van der Waals surface area contributed by atoms with Crippen LogP contribution in [0.5, 0.6) is 0 Å². The minimum atomic E-state index is -3.82. The van der Waals surface area contributed by atoms with Crippen LogP contribution >= 0.6 is 0 Å². The zero-order valence-corrected chi connectivity index (χ0v) is 11.8. The van der Waals surface area contributed by atoms with Gasteiger partial charge >= 0.3 is 5.97 Å². The van der Waals surface area contributed by atoms with E-state index >= 15 is 0 Å². The van der Waals surface area contributed by atoms with E-state index in [1.54, 1.807) is 19.1 Å². The van der Waals surface area contributed by atoms with E-state index in [0.717, 1.165) is 9.87 Å². The van der Waals surface area contributed by atoms with Crippen LogP contribution in [0.4, 0.5) is 0 Å². The quantitative estimate of drug-likeness (QED) is 0.804. The molecule has 0 heterocycles. The topological polar surface area (TPSA) is 74.7 Å². The smallest absolute Gasteiger partial charge is 0.318 e. The second-order valence-corrected chi connectivity index (χ2v) is 6.16. The Morgan fingerprint density at radius 2 is 2.05 bits per heavy atom. The SMILES string of the molecule is C=CCN(CC(=O)O)S(=O)(=O)c1ccc(C)cc1C. The van der Waals surface area contributed by atoms with Gasteiger partial charge in [-0.2, -0.15) is 4.31 Å². The second-order valence-electron chi connectivity index (χ2n) is 4.25. The first-order chi connectivity index (χ1) is 8.78. The first kappa shape index (κ1) is 15.4. The molecular formula is C13H17NO4S. The van der Waals surface area contributed by atoms with Crippen LogP contribution < -0.4 is 0 Å². The maximum absolute atomic E-state index is 12.4. The summed E-state index contributed by atoms with van der Waals surface area (Å²) in [5.74, 6) is -1.20. The van der Waals surface area contributed by atoms with Gasteiger partial charge in [-0.05, 0) is 25.5 Å². The number of aryl methyl sites for hydroxylation is 2. The molecule has 0 aliphatic carbocycles. The fourth-order valence-corrected chi connectivity index (χ4v) is 3.34. The van der Waals surface area contributed by atoms with Crippen molar-refractivity contribution in [3.63, 3.8) is 0 Å². The highest BCUT2D eigenvalue weighted by atomic mass is 32.2. The monoisotopic (exact) mass is 283 g/mol. The summed E-state index contributed by atoms with van der Waals surface area (Å²) >= 11 is 0. The Labute approximate surface area is 113 Å². The van der Waals surface area contributed by atoms with Gasteiger partial charge in [-0.15, -0.1) is 6.58 Å². The number of rotatable bonds is 6. The normalized spacial score (nSPS) is 11.5. The maximum Gasteiger partial charge on any atom is 0.318 e. The molecule has 0 spiro atoms. The number of carboxylic acids is 1. The van der Waals surface area contributed by atoms with E-state index < -0.39 is 22.5 Å². The molecule has 0 amide bonds. The lowest BCUT2D eigenvalue weighted by Gasteiger charge is -2.20. The summed E-state index contributed by atoms with van der Waals surface area (Å²) in [6, 6.07) is 4.93. The minimum Gasteiger partial charge on any atom is -0.480 e. The van der Waals surface area contributed by atoms with Crippen molar-refractivity contribution in [3.8, 4) is 0 Å². The molecule has 1 aromatic carbocycles. The highest BCUT2D eigenvalue weighted by molar-refractivity contribution is 7.89. The first-order valence-corrected chi connectivity index (χ1v) is 7.13. The third-order valence-electron chi connectivity index (χ3n) is 2.59. The molecule has 0 atom stereocenters. The molecule has 1 aromatic rings. The number of sulfonamides is 1. The van der Waals surface area contributed by atoms with E-state index in [0.29, 0.717) is 5.56 Å². The van der Waals surface area contributed by atoms with Crippen LogP contribution in [0, 0.1) is 13.8 Å². The zero-order valence-electron chi connectivity index (χ0n) is 11.0. The molecule has 0 fully saturated rings. The van der Waals surface area contributed by atoms with Gasteiger partial charge in [-0.3, -0.25) is 4.79 Å². The average molecular weight is 283 g/mol. The summed E-state index contributed by atoms with van der Waals surface area (Å²) < 4.78 is 25.7. The Morgan fingerprint density at radius 3 is 2.53 bits per heavy atom. The van der Waals surface area contributed by atoms with Crippen molar-refractivity contribution in [2.45, 2.75) is 18.7 Å². The van der Waals surface area contributed by atoms with E-state index in [-0.39, 0.29) is 11.4 Å². The zero-order chi connectivity index (χ0) is 14.6. The van der Waals surface area contributed by atoms with Crippen molar-refractivity contribution in [1.29, 1.82) is 0 Å². The van der Waals surface area contributed by atoms with Crippen molar-refractivity contribution in [2.75, 3.05) is 13.1 Å². The predicted octanol–water partition coefficient (Wildman–Crippen LogP) is 1.56. The number of benzene rings is 1. The Bertz CT molecular complexity index is 593. The standard InChI is InChI=1S/C13H17NO4S/c1-4-7-14(9-13(15)16)19(17,18)12-6-5-10(2)8-11(12)3/h4-6,8H,1,7,9H2,2-3H3,(H,15,16). The third kappa shape index (κ3) is 3.65. The van der Waals surface area contributed by atoms with Crippen LogP contribution in [0.2, 0.25) is 0 Å². The van der Waals surface area contributed by atoms with Crippen molar-refractivity contribution in [2.24, 2.45) is 0 Å². The summed E-state index contributed by atoms with van der Waals surface area (Å²) in [6.07, 6.45) is 1.37. The maximum atomic E-state index is 12.4. The van der Waals surface area contributed by atoms with Gasteiger partial charge < -0.3 is 5.11 Å². The predicted molar refractivity (Wildman–Crippen MR) is 72.5 cm³/mol. The minimum absolute atomic E-state index is 0.0397. The van der Waals surface area contributed by atoms with E-state index in [1.165, 1.54) is 12.1 Å². The summed E-state index contributed by atoms with van der Waals surface area (Å²) in [6.45, 7) is 6.38. The summed E-state index contributed by atoms with van der Waals surface area (Å²) in [5.41, 5.74) is 1.55. The molecule has 1 N–H and O–H groups in total. The first-order valence-electron chi connectivity index (χ1n) is 5.69. The molecule has 0 unspecified atom stereocenters. The highest BCUT2D eigenvalue weighted by Crippen LogP contribution is 2.20.